The third kappa shape index (κ3) is 7.21. The summed E-state index contributed by atoms with van der Waals surface area (Å²) >= 11 is 0. The van der Waals surface area contributed by atoms with E-state index >= 15 is 0 Å². The molecule has 0 unspecified atom stereocenters. The van der Waals surface area contributed by atoms with Crippen LogP contribution in [0.25, 0.3) is 0 Å². The first-order chi connectivity index (χ1) is 12.8. The van der Waals surface area contributed by atoms with Gasteiger partial charge in [0.2, 0.25) is 5.91 Å². The van der Waals surface area contributed by atoms with E-state index in [0.717, 1.165) is 43.0 Å². The Morgan fingerprint density at radius 2 is 1.78 bits per heavy atom. The van der Waals surface area contributed by atoms with E-state index < -0.39 is 9.84 Å². The Labute approximate surface area is 162 Å². The molecule has 1 aromatic rings. The van der Waals surface area contributed by atoms with Crippen molar-refractivity contribution < 1.29 is 13.2 Å². The molecule has 1 aliphatic heterocycles. The molecule has 0 aromatic heterocycles. The summed E-state index contributed by atoms with van der Waals surface area (Å²) in [5, 5.41) is 6.06. The fourth-order valence-corrected chi connectivity index (χ4v) is 4.08. The van der Waals surface area contributed by atoms with Crippen LogP contribution in [0.2, 0.25) is 0 Å². The molecular formula is C19H30N4O3S. The van der Waals surface area contributed by atoms with E-state index in [1.54, 1.807) is 14.1 Å². The van der Waals surface area contributed by atoms with Crippen LogP contribution in [0.15, 0.2) is 29.3 Å². The number of sulfone groups is 1. The topological polar surface area (TPSA) is 90.9 Å². The van der Waals surface area contributed by atoms with Crippen molar-refractivity contribution in [2.75, 3.05) is 33.4 Å². The number of carbonyl (C=O) groups is 1. The summed E-state index contributed by atoms with van der Waals surface area (Å²) in [5.74, 6) is 1.46. The van der Waals surface area contributed by atoms with Gasteiger partial charge in [-0.1, -0.05) is 24.3 Å². The summed E-state index contributed by atoms with van der Waals surface area (Å²) in [6, 6.07) is 7.59. The summed E-state index contributed by atoms with van der Waals surface area (Å²) in [5.41, 5.74) is 1.87. The van der Waals surface area contributed by atoms with Crippen LogP contribution in [0, 0.1) is 5.92 Å². The fourth-order valence-electron chi connectivity index (χ4n) is 3.28. The molecule has 0 radical (unpaired) electrons. The minimum atomic E-state index is -3.01. The molecule has 27 heavy (non-hydrogen) atoms. The second-order valence-electron chi connectivity index (χ2n) is 7.10. The largest absolute Gasteiger partial charge is 0.359 e. The van der Waals surface area contributed by atoms with Gasteiger partial charge in [-0.15, -0.1) is 0 Å². The van der Waals surface area contributed by atoms with Gasteiger partial charge >= 0.3 is 0 Å². The Hall–Kier alpha value is -2.09. The first-order valence-corrected chi connectivity index (χ1v) is 11.3. The predicted octanol–water partition coefficient (Wildman–Crippen LogP) is 1.15. The molecule has 0 spiro atoms. The van der Waals surface area contributed by atoms with Gasteiger partial charge in [0.05, 0.1) is 5.75 Å². The van der Waals surface area contributed by atoms with E-state index in [1.165, 1.54) is 6.26 Å². The lowest BCUT2D eigenvalue weighted by Crippen LogP contribution is -2.45. The number of nitrogens with one attached hydrogen (secondary N) is 2. The van der Waals surface area contributed by atoms with Crippen LogP contribution in [0.1, 0.15) is 30.4 Å². The molecule has 1 amide bonds. The molecule has 1 saturated heterocycles. The molecule has 1 aliphatic rings. The lowest BCUT2D eigenvalue weighted by molar-refractivity contribution is -0.121. The summed E-state index contributed by atoms with van der Waals surface area (Å²) in [6.45, 7) is 2.40. The summed E-state index contributed by atoms with van der Waals surface area (Å²) < 4.78 is 22.7. The minimum Gasteiger partial charge on any atom is -0.359 e. The van der Waals surface area contributed by atoms with Crippen molar-refractivity contribution in [2.45, 2.75) is 31.6 Å². The summed E-state index contributed by atoms with van der Waals surface area (Å²) in [7, 11) is 0.435. The Kier molecular flexibility index (Phi) is 7.65. The number of nitrogens with zero attached hydrogens (tertiary/aromatic N) is 2. The highest BCUT2D eigenvalue weighted by molar-refractivity contribution is 7.89. The van der Waals surface area contributed by atoms with E-state index in [1.807, 2.05) is 24.3 Å². The van der Waals surface area contributed by atoms with Crippen molar-refractivity contribution in [1.82, 2.24) is 15.5 Å². The zero-order valence-electron chi connectivity index (χ0n) is 16.4. The van der Waals surface area contributed by atoms with Gasteiger partial charge in [-0.25, -0.2) is 8.42 Å². The molecule has 7 nitrogen and oxygen atoms in total. The van der Waals surface area contributed by atoms with Gasteiger partial charge in [-0.2, -0.15) is 0 Å². The molecular weight excluding hydrogens is 364 g/mol. The number of benzene rings is 1. The third-order valence-electron chi connectivity index (χ3n) is 4.78. The summed E-state index contributed by atoms with van der Waals surface area (Å²) in [6.07, 6.45) is 3.79. The zero-order chi connectivity index (χ0) is 19.9. The predicted molar refractivity (Wildman–Crippen MR) is 108 cm³/mol. The lowest BCUT2D eigenvalue weighted by atomic mass is 9.93. The van der Waals surface area contributed by atoms with Crippen LogP contribution in [0.4, 0.5) is 0 Å². The second kappa shape index (κ2) is 9.73. The molecule has 8 heteroatoms. The minimum absolute atomic E-state index is 0.0629. The molecule has 0 aliphatic carbocycles. The first-order valence-electron chi connectivity index (χ1n) is 9.22. The molecule has 1 aromatic carbocycles. The van der Waals surface area contributed by atoms with Crippen molar-refractivity contribution in [1.29, 1.82) is 0 Å². The number of piperidine rings is 1. The average Bonchev–Trinajstić information content (AvgIpc) is 2.63. The van der Waals surface area contributed by atoms with Crippen LogP contribution < -0.4 is 10.6 Å². The molecule has 1 fully saturated rings. The molecule has 2 rings (SSSR count). The van der Waals surface area contributed by atoms with Gasteiger partial charge in [0.15, 0.2) is 15.8 Å². The maximum atomic E-state index is 11.5. The maximum Gasteiger partial charge on any atom is 0.220 e. The standard InChI is InChI=1S/C19H30N4O3S/c1-20-18(24)12-15-8-10-23(11-9-15)19(21-2)22-13-16-4-6-17(7-5-16)14-27(3,25)26/h4-7,15H,8-14H2,1-3H3,(H,20,24)(H,21,22). The molecule has 0 saturated carbocycles. The Balaban J connectivity index is 1.83. The number of hydrogen-bond donors (Lipinski definition) is 2. The number of rotatable bonds is 6. The maximum absolute atomic E-state index is 11.5. The fraction of sp³-hybridized carbons (Fsp3) is 0.579. The molecule has 2 N–H and O–H groups in total. The number of guanidine groups is 1. The van der Waals surface area contributed by atoms with E-state index in [0.29, 0.717) is 18.9 Å². The molecule has 0 bridgehead atoms. The second-order valence-corrected chi connectivity index (χ2v) is 9.24. The molecule has 1 heterocycles. The Morgan fingerprint density at radius 3 is 2.30 bits per heavy atom. The van der Waals surface area contributed by atoms with Crippen LogP contribution >= 0.6 is 0 Å². The van der Waals surface area contributed by atoms with Crippen LogP contribution in [-0.4, -0.2) is 58.6 Å². The van der Waals surface area contributed by atoms with Crippen molar-refractivity contribution in [3.8, 4) is 0 Å². The Morgan fingerprint density at radius 1 is 1.19 bits per heavy atom. The Bertz CT molecular complexity index is 752. The van der Waals surface area contributed by atoms with Gasteiger partial charge in [0.25, 0.3) is 0 Å². The molecule has 0 atom stereocenters. The van der Waals surface area contributed by atoms with Gasteiger partial charge < -0.3 is 15.5 Å². The van der Waals surface area contributed by atoms with Crippen molar-refractivity contribution >= 4 is 21.7 Å². The normalized spacial score (nSPS) is 16.3. The van der Waals surface area contributed by atoms with Gasteiger partial charge in [0, 0.05) is 46.4 Å². The summed E-state index contributed by atoms with van der Waals surface area (Å²) in [4.78, 5) is 18.1. The number of carbonyl (C=O) groups excluding carboxylic acids is 1. The highest BCUT2D eigenvalue weighted by Crippen LogP contribution is 2.20. The van der Waals surface area contributed by atoms with Crippen LogP contribution in [0.5, 0.6) is 0 Å². The third-order valence-corrected chi connectivity index (χ3v) is 5.64. The molecule has 150 valence electrons. The SMILES string of the molecule is CN=C(NCc1ccc(CS(C)(=O)=O)cc1)N1CCC(CC(=O)NC)CC1. The van der Waals surface area contributed by atoms with Crippen molar-refractivity contribution in [2.24, 2.45) is 10.9 Å². The van der Waals surface area contributed by atoms with E-state index in [-0.39, 0.29) is 11.7 Å². The number of hydrogen-bond acceptors (Lipinski definition) is 4. The van der Waals surface area contributed by atoms with E-state index in [2.05, 4.69) is 20.5 Å². The number of likely N-dealkylation sites (tertiary alicyclic amines) is 1. The van der Waals surface area contributed by atoms with Crippen LogP contribution in [0.3, 0.4) is 0 Å². The van der Waals surface area contributed by atoms with Gasteiger partial charge in [-0.05, 0) is 29.9 Å². The van der Waals surface area contributed by atoms with E-state index in [4.69, 9.17) is 0 Å². The van der Waals surface area contributed by atoms with Crippen molar-refractivity contribution in [3.63, 3.8) is 0 Å². The van der Waals surface area contributed by atoms with E-state index in [9.17, 15) is 13.2 Å². The monoisotopic (exact) mass is 394 g/mol. The highest BCUT2D eigenvalue weighted by Gasteiger charge is 2.22. The number of amides is 1. The van der Waals surface area contributed by atoms with Crippen molar-refractivity contribution in [3.05, 3.63) is 35.4 Å². The van der Waals surface area contributed by atoms with Gasteiger partial charge in [-0.3, -0.25) is 9.79 Å². The van der Waals surface area contributed by atoms with Gasteiger partial charge in [0.1, 0.15) is 0 Å². The quantitative estimate of drug-likeness (QED) is 0.558. The number of aliphatic imine (C=N–C) groups is 1. The zero-order valence-corrected chi connectivity index (χ0v) is 17.2. The lowest BCUT2D eigenvalue weighted by Gasteiger charge is -2.34. The highest BCUT2D eigenvalue weighted by atomic mass is 32.2. The average molecular weight is 395 g/mol. The smallest absolute Gasteiger partial charge is 0.220 e. The first kappa shape index (κ1) is 21.2. The van der Waals surface area contributed by atoms with Crippen LogP contribution in [-0.2, 0) is 26.9 Å².